The third kappa shape index (κ3) is 7.07. The lowest BCUT2D eigenvalue weighted by Crippen LogP contribution is -2.46. The van der Waals surface area contributed by atoms with Gasteiger partial charge in [0, 0.05) is 6.54 Å². The third-order valence-corrected chi connectivity index (χ3v) is 2.12. The molecule has 0 aromatic rings. The van der Waals surface area contributed by atoms with Gasteiger partial charge in [0.05, 0.1) is 0 Å². The average Bonchev–Trinajstić information content (AvgIpc) is 2.17. The number of urea groups is 1. The van der Waals surface area contributed by atoms with E-state index in [1.54, 1.807) is 0 Å². The van der Waals surface area contributed by atoms with E-state index in [1.807, 2.05) is 6.92 Å². The Hall–Kier alpha value is -0.910. The SMILES string of the molecule is CCC[C@H](NC(=O)NCCCS)C(=O)O. The Morgan fingerprint density at radius 3 is 2.60 bits per heavy atom. The molecule has 0 saturated carbocycles. The van der Waals surface area contributed by atoms with Gasteiger partial charge in [-0.25, -0.2) is 9.59 Å². The van der Waals surface area contributed by atoms with E-state index in [1.165, 1.54) is 0 Å². The quantitative estimate of drug-likeness (QED) is 0.390. The first kappa shape index (κ1) is 14.1. The van der Waals surface area contributed by atoms with Crippen molar-refractivity contribution in [3.8, 4) is 0 Å². The lowest BCUT2D eigenvalue weighted by molar-refractivity contribution is -0.139. The summed E-state index contributed by atoms with van der Waals surface area (Å²) >= 11 is 3.99. The molecule has 0 aliphatic rings. The first-order chi connectivity index (χ1) is 7.11. The second kappa shape index (κ2) is 8.40. The van der Waals surface area contributed by atoms with Crippen LogP contribution in [-0.4, -0.2) is 35.4 Å². The highest BCUT2D eigenvalue weighted by molar-refractivity contribution is 7.80. The molecular formula is C9H18N2O3S. The van der Waals surface area contributed by atoms with E-state index in [0.29, 0.717) is 25.1 Å². The molecule has 6 heteroatoms. The van der Waals surface area contributed by atoms with E-state index in [2.05, 4.69) is 23.3 Å². The molecule has 0 unspecified atom stereocenters. The zero-order valence-corrected chi connectivity index (χ0v) is 9.72. The van der Waals surface area contributed by atoms with E-state index in [-0.39, 0.29) is 0 Å². The van der Waals surface area contributed by atoms with Crippen molar-refractivity contribution in [2.24, 2.45) is 0 Å². The smallest absolute Gasteiger partial charge is 0.326 e. The molecule has 0 bridgehead atoms. The lowest BCUT2D eigenvalue weighted by atomic mass is 10.2. The van der Waals surface area contributed by atoms with Crippen LogP contribution in [0.3, 0.4) is 0 Å². The molecule has 0 aromatic heterocycles. The number of nitrogens with one attached hydrogen (secondary N) is 2. The molecule has 0 heterocycles. The second-order valence-corrected chi connectivity index (χ2v) is 3.60. The Morgan fingerprint density at radius 1 is 1.47 bits per heavy atom. The maximum absolute atomic E-state index is 11.2. The molecule has 3 N–H and O–H groups in total. The molecule has 0 aromatic carbocycles. The van der Waals surface area contributed by atoms with Crippen molar-refractivity contribution >= 4 is 24.6 Å². The number of carboxylic acid groups (broad SMARTS) is 1. The number of amides is 2. The van der Waals surface area contributed by atoms with Gasteiger partial charge in [0.2, 0.25) is 0 Å². The minimum atomic E-state index is -0.999. The van der Waals surface area contributed by atoms with Crippen molar-refractivity contribution in [3.05, 3.63) is 0 Å². The summed E-state index contributed by atoms with van der Waals surface area (Å²) in [6.45, 7) is 2.38. The van der Waals surface area contributed by atoms with Gasteiger partial charge >= 0.3 is 12.0 Å². The number of rotatable bonds is 7. The summed E-state index contributed by atoms with van der Waals surface area (Å²) in [4.78, 5) is 21.9. The van der Waals surface area contributed by atoms with E-state index in [9.17, 15) is 9.59 Å². The molecule has 0 rings (SSSR count). The van der Waals surface area contributed by atoms with Crippen LogP contribution in [0, 0.1) is 0 Å². The van der Waals surface area contributed by atoms with E-state index in [0.717, 1.165) is 6.42 Å². The Morgan fingerprint density at radius 2 is 2.13 bits per heavy atom. The molecule has 0 spiro atoms. The Labute approximate surface area is 95.0 Å². The molecule has 0 aliphatic carbocycles. The van der Waals surface area contributed by atoms with Crippen molar-refractivity contribution < 1.29 is 14.7 Å². The number of hydrogen-bond acceptors (Lipinski definition) is 3. The van der Waals surface area contributed by atoms with Crippen molar-refractivity contribution in [1.82, 2.24) is 10.6 Å². The van der Waals surface area contributed by atoms with Crippen LogP contribution in [0.25, 0.3) is 0 Å². The van der Waals surface area contributed by atoms with Crippen LogP contribution in [0.15, 0.2) is 0 Å². The number of hydrogen-bond donors (Lipinski definition) is 4. The second-order valence-electron chi connectivity index (χ2n) is 3.16. The molecule has 0 aliphatic heterocycles. The lowest BCUT2D eigenvalue weighted by Gasteiger charge is -2.13. The summed E-state index contributed by atoms with van der Waals surface area (Å²) in [7, 11) is 0. The van der Waals surface area contributed by atoms with Crippen LogP contribution < -0.4 is 10.6 Å². The summed E-state index contributed by atoms with van der Waals surface area (Å²) in [5.74, 6) is -0.307. The van der Waals surface area contributed by atoms with Gasteiger partial charge in [0.1, 0.15) is 6.04 Å². The van der Waals surface area contributed by atoms with Crippen LogP contribution in [0.4, 0.5) is 4.79 Å². The molecule has 88 valence electrons. The highest BCUT2D eigenvalue weighted by atomic mass is 32.1. The van der Waals surface area contributed by atoms with Gasteiger partial charge in [-0.05, 0) is 18.6 Å². The van der Waals surface area contributed by atoms with Crippen molar-refractivity contribution in [2.45, 2.75) is 32.2 Å². The molecular weight excluding hydrogens is 216 g/mol. The third-order valence-electron chi connectivity index (χ3n) is 1.80. The van der Waals surface area contributed by atoms with Crippen LogP contribution in [0.2, 0.25) is 0 Å². The predicted molar refractivity (Wildman–Crippen MR) is 61.3 cm³/mol. The fourth-order valence-electron chi connectivity index (χ4n) is 1.04. The standard InChI is InChI=1S/C9H18N2O3S/c1-2-4-7(8(12)13)11-9(14)10-5-3-6-15/h7,15H,2-6H2,1H3,(H,12,13)(H2,10,11,14)/t7-/m0/s1. The normalized spacial score (nSPS) is 11.9. The van der Waals surface area contributed by atoms with Crippen LogP contribution >= 0.6 is 12.6 Å². The number of carbonyl (C=O) groups excluding carboxylic acids is 1. The Bertz CT molecular complexity index is 212. The summed E-state index contributed by atoms with van der Waals surface area (Å²) in [6.07, 6.45) is 1.92. The minimum absolute atomic E-state index is 0.433. The van der Waals surface area contributed by atoms with E-state index < -0.39 is 18.0 Å². The maximum Gasteiger partial charge on any atom is 0.326 e. The van der Waals surface area contributed by atoms with Crippen LogP contribution in [-0.2, 0) is 4.79 Å². The molecule has 5 nitrogen and oxygen atoms in total. The molecule has 1 atom stereocenters. The van der Waals surface area contributed by atoms with Gasteiger partial charge in [-0.2, -0.15) is 12.6 Å². The van der Waals surface area contributed by atoms with Gasteiger partial charge < -0.3 is 15.7 Å². The topological polar surface area (TPSA) is 78.4 Å². The van der Waals surface area contributed by atoms with E-state index >= 15 is 0 Å². The fraction of sp³-hybridized carbons (Fsp3) is 0.778. The van der Waals surface area contributed by atoms with Gasteiger partial charge in [0.15, 0.2) is 0 Å². The molecule has 0 radical (unpaired) electrons. The zero-order chi connectivity index (χ0) is 11.7. The van der Waals surface area contributed by atoms with Gasteiger partial charge in [-0.3, -0.25) is 0 Å². The largest absolute Gasteiger partial charge is 0.480 e. The molecule has 0 fully saturated rings. The number of thiol groups is 1. The zero-order valence-electron chi connectivity index (χ0n) is 8.82. The summed E-state index contributed by atoms with van der Waals surface area (Å²) in [5.41, 5.74) is 0. The summed E-state index contributed by atoms with van der Waals surface area (Å²) in [6, 6.07) is -1.23. The Kier molecular flexibility index (Phi) is 7.89. The average molecular weight is 234 g/mol. The van der Waals surface area contributed by atoms with Crippen molar-refractivity contribution in [3.63, 3.8) is 0 Å². The number of carbonyl (C=O) groups is 2. The van der Waals surface area contributed by atoms with E-state index in [4.69, 9.17) is 5.11 Å². The molecule has 2 amide bonds. The van der Waals surface area contributed by atoms with Gasteiger partial charge in [-0.1, -0.05) is 13.3 Å². The van der Waals surface area contributed by atoms with Crippen LogP contribution in [0.5, 0.6) is 0 Å². The predicted octanol–water partition coefficient (Wildman–Crippen LogP) is 0.859. The summed E-state index contributed by atoms with van der Waals surface area (Å²) in [5, 5.41) is 13.7. The van der Waals surface area contributed by atoms with Gasteiger partial charge in [0.25, 0.3) is 0 Å². The van der Waals surface area contributed by atoms with Crippen LogP contribution in [0.1, 0.15) is 26.2 Å². The van der Waals surface area contributed by atoms with Gasteiger partial charge in [-0.15, -0.1) is 0 Å². The Balaban J connectivity index is 3.84. The highest BCUT2D eigenvalue weighted by Crippen LogP contribution is 1.96. The molecule has 15 heavy (non-hydrogen) atoms. The first-order valence-electron chi connectivity index (χ1n) is 4.99. The maximum atomic E-state index is 11.2. The first-order valence-corrected chi connectivity index (χ1v) is 5.63. The fourth-order valence-corrected chi connectivity index (χ4v) is 1.19. The highest BCUT2D eigenvalue weighted by Gasteiger charge is 2.17. The van der Waals surface area contributed by atoms with Crippen molar-refractivity contribution in [2.75, 3.05) is 12.3 Å². The summed E-state index contributed by atoms with van der Waals surface area (Å²) < 4.78 is 0. The number of carboxylic acids is 1. The monoisotopic (exact) mass is 234 g/mol. The molecule has 0 saturated heterocycles. The van der Waals surface area contributed by atoms with Crippen molar-refractivity contribution in [1.29, 1.82) is 0 Å². The number of aliphatic carboxylic acids is 1. The minimum Gasteiger partial charge on any atom is -0.480 e.